The molecule has 0 aromatic heterocycles. The molecule has 17 heavy (non-hydrogen) atoms. The van der Waals surface area contributed by atoms with Gasteiger partial charge in [-0.05, 0) is 24.6 Å². The molecule has 88 valence electrons. The summed E-state index contributed by atoms with van der Waals surface area (Å²) in [6.45, 7) is 2.82. The van der Waals surface area contributed by atoms with Crippen LogP contribution in [0.5, 0.6) is 0 Å². The number of hydrogen-bond donors (Lipinski definition) is 2. The lowest BCUT2D eigenvalue weighted by atomic mass is 10.1. The zero-order chi connectivity index (χ0) is 12.1. The van der Waals surface area contributed by atoms with Gasteiger partial charge in [-0.25, -0.2) is 0 Å². The van der Waals surface area contributed by atoms with Crippen LogP contribution < -0.4 is 11.1 Å². The van der Waals surface area contributed by atoms with Crippen molar-refractivity contribution in [1.82, 2.24) is 0 Å². The van der Waals surface area contributed by atoms with Crippen molar-refractivity contribution in [1.29, 1.82) is 0 Å². The Kier molecular flexibility index (Phi) is 3.78. The number of benzene rings is 2. The monoisotopic (exact) mass is 226 g/mol. The molecule has 0 spiro atoms. The largest absolute Gasteiger partial charge is 0.383 e. The molecule has 0 aliphatic carbocycles. The maximum Gasteiger partial charge on any atom is 0.0470 e. The Labute approximate surface area is 102 Å². The van der Waals surface area contributed by atoms with Crippen LogP contribution in [0.4, 0.5) is 5.69 Å². The summed E-state index contributed by atoms with van der Waals surface area (Å²) in [6.07, 6.45) is 0. The first-order valence-corrected chi connectivity index (χ1v) is 5.87. The molecule has 2 heteroatoms. The van der Waals surface area contributed by atoms with Crippen LogP contribution >= 0.6 is 0 Å². The Morgan fingerprint density at radius 3 is 2.29 bits per heavy atom. The molecule has 2 aromatic rings. The third kappa shape index (κ3) is 3.33. The van der Waals surface area contributed by atoms with Crippen LogP contribution in [-0.4, -0.2) is 6.54 Å². The van der Waals surface area contributed by atoms with E-state index in [0.29, 0.717) is 0 Å². The van der Waals surface area contributed by atoms with E-state index >= 15 is 0 Å². The first kappa shape index (κ1) is 11.7. The smallest absolute Gasteiger partial charge is 0.0470 e. The second-order valence-electron chi connectivity index (χ2n) is 4.26. The van der Waals surface area contributed by atoms with E-state index in [-0.39, 0.29) is 6.04 Å². The highest BCUT2D eigenvalue weighted by Gasteiger charge is 2.04. The molecule has 1 atom stereocenters. The summed E-state index contributed by atoms with van der Waals surface area (Å²) < 4.78 is 0. The predicted molar refractivity (Wildman–Crippen MR) is 73.0 cm³/mol. The summed E-state index contributed by atoms with van der Waals surface area (Å²) in [7, 11) is 0. The van der Waals surface area contributed by atoms with E-state index in [4.69, 9.17) is 5.73 Å². The van der Waals surface area contributed by atoms with Crippen LogP contribution in [0.25, 0.3) is 0 Å². The molecule has 0 saturated heterocycles. The van der Waals surface area contributed by atoms with E-state index in [9.17, 15) is 0 Å². The van der Waals surface area contributed by atoms with E-state index in [2.05, 4.69) is 36.5 Å². The molecule has 2 rings (SSSR count). The lowest BCUT2D eigenvalue weighted by Crippen LogP contribution is -2.20. The van der Waals surface area contributed by atoms with E-state index < -0.39 is 0 Å². The Morgan fingerprint density at radius 2 is 1.65 bits per heavy atom. The summed E-state index contributed by atoms with van der Waals surface area (Å²) in [5.74, 6) is 0. The van der Waals surface area contributed by atoms with Crippen molar-refractivity contribution in [3.05, 3.63) is 65.7 Å². The summed E-state index contributed by atoms with van der Waals surface area (Å²) in [5.41, 5.74) is 9.66. The van der Waals surface area contributed by atoms with Gasteiger partial charge in [0.05, 0.1) is 0 Å². The van der Waals surface area contributed by atoms with Crippen molar-refractivity contribution in [2.45, 2.75) is 13.0 Å². The Bertz CT molecular complexity index is 448. The molecule has 2 aromatic carbocycles. The minimum atomic E-state index is 0.0239. The van der Waals surface area contributed by atoms with Gasteiger partial charge < -0.3 is 11.1 Å². The van der Waals surface area contributed by atoms with Gasteiger partial charge in [-0.2, -0.15) is 0 Å². The highest BCUT2D eigenvalue weighted by molar-refractivity contribution is 5.43. The van der Waals surface area contributed by atoms with Gasteiger partial charge >= 0.3 is 0 Å². The second-order valence-corrected chi connectivity index (χ2v) is 4.26. The third-order valence-electron chi connectivity index (χ3n) is 2.81. The minimum absolute atomic E-state index is 0.0239. The van der Waals surface area contributed by atoms with Gasteiger partial charge in [0.25, 0.3) is 0 Å². The summed E-state index contributed by atoms with van der Waals surface area (Å²) in [4.78, 5) is 0. The molecule has 0 saturated carbocycles. The quantitative estimate of drug-likeness (QED) is 0.840. The fourth-order valence-corrected chi connectivity index (χ4v) is 1.72. The van der Waals surface area contributed by atoms with Crippen LogP contribution in [0.3, 0.4) is 0 Å². The number of aryl methyl sites for hydroxylation is 1. The number of anilines is 1. The standard InChI is InChI=1S/C15H18N2/c1-12-7-9-13(10-8-12)15(16)11-17-14-5-3-2-4-6-14/h2-10,15,17H,11,16H2,1H3. The van der Waals surface area contributed by atoms with Crippen LogP contribution in [0.2, 0.25) is 0 Å². The van der Waals surface area contributed by atoms with Crippen LogP contribution in [0.1, 0.15) is 17.2 Å². The number of rotatable bonds is 4. The number of nitrogens with one attached hydrogen (secondary N) is 1. The van der Waals surface area contributed by atoms with Crippen molar-refractivity contribution in [2.24, 2.45) is 5.73 Å². The lowest BCUT2D eigenvalue weighted by Gasteiger charge is -2.14. The van der Waals surface area contributed by atoms with Gasteiger partial charge in [0.1, 0.15) is 0 Å². The number of hydrogen-bond acceptors (Lipinski definition) is 2. The van der Waals surface area contributed by atoms with E-state index in [1.165, 1.54) is 11.1 Å². The molecule has 0 fully saturated rings. The van der Waals surface area contributed by atoms with Gasteiger partial charge in [-0.3, -0.25) is 0 Å². The summed E-state index contributed by atoms with van der Waals surface area (Å²) in [6, 6.07) is 18.5. The highest BCUT2D eigenvalue weighted by atomic mass is 14.9. The number of para-hydroxylation sites is 1. The van der Waals surface area contributed by atoms with Gasteiger partial charge in [0.2, 0.25) is 0 Å². The molecular formula is C15H18N2. The topological polar surface area (TPSA) is 38.0 Å². The van der Waals surface area contributed by atoms with Crippen molar-refractivity contribution in [3.63, 3.8) is 0 Å². The van der Waals surface area contributed by atoms with Crippen LogP contribution in [-0.2, 0) is 0 Å². The average Bonchev–Trinajstić information content (AvgIpc) is 2.38. The Hall–Kier alpha value is -1.80. The normalized spacial score (nSPS) is 12.1. The minimum Gasteiger partial charge on any atom is -0.383 e. The van der Waals surface area contributed by atoms with Crippen molar-refractivity contribution < 1.29 is 0 Å². The maximum atomic E-state index is 6.13. The molecule has 2 nitrogen and oxygen atoms in total. The molecule has 0 amide bonds. The van der Waals surface area contributed by atoms with E-state index in [0.717, 1.165) is 12.2 Å². The lowest BCUT2D eigenvalue weighted by molar-refractivity contribution is 0.764. The second kappa shape index (κ2) is 5.51. The van der Waals surface area contributed by atoms with Crippen LogP contribution in [0.15, 0.2) is 54.6 Å². The molecular weight excluding hydrogens is 208 g/mol. The van der Waals surface area contributed by atoms with Gasteiger partial charge in [0.15, 0.2) is 0 Å². The molecule has 3 N–H and O–H groups in total. The molecule has 0 aliphatic heterocycles. The Balaban J connectivity index is 1.93. The summed E-state index contributed by atoms with van der Waals surface area (Å²) >= 11 is 0. The zero-order valence-corrected chi connectivity index (χ0v) is 10.1. The molecule has 0 radical (unpaired) electrons. The number of nitrogens with two attached hydrogens (primary N) is 1. The van der Waals surface area contributed by atoms with Gasteiger partial charge in [-0.15, -0.1) is 0 Å². The first-order valence-electron chi connectivity index (χ1n) is 5.87. The highest BCUT2D eigenvalue weighted by Crippen LogP contribution is 2.13. The van der Waals surface area contributed by atoms with E-state index in [1.807, 2.05) is 30.3 Å². The fraction of sp³-hybridized carbons (Fsp3) is 0.200. The van der Waals surface area contributed by atoms with Gasteiger partial charge in [0, 0.05) is 18.3 Å². The zero-order valence-electron chi connectivity index (χ0n) is 10.1. The fourth-order valence-electron chi connectivity index (χ4n) is 1.72. The van der Waals surface area contributed by atoms with Crippen molar-refractivity contribution in [3.8, 4) is 0 Å². The van der Waals surface area contributed by atoms with Crippen molar-refractivity contribution >= 4 is 5.69 Å². The van der Waals surface area contributed by atoms with Gasteiger partial charge in [-0.1, -0.05) is 48.0 Å². The SMILES string of the molecule is Cc1ccc(C(N)CNc2ccccc2)cc1. The molecule has 0 heterocycles. The van der Waals surface area contributed by atoms with Crippen molar-refractivity contribution in [2.75, 3.05) is 11.9 Å². The van der Waals surface area contributed by atoms with Crippen LogP contribution in [0, 0.1) is 6.92 Å². The predicted octanol–water partition coefficient (Wildman–Crippen LogP) is 3.11. The molecule has 1 unspecified atom stereocenters. The Morgan fingerprint density at radius 1 is 1.00 bits per heavy atom. The maximum absolute atomic E-state index is 6.13. The molecule has 0 bridgehead atoms. The van der Waals surface area contributed by atoms with E-state index in [1.54, 1.807) is 0 Å². The first-order chi connectivity index (χ1) is 8.25. The third-order valence-corrected chi connectivity index (χ3v) is 2.81. The molecule has 0 aliphatic rings. The average molecular weight is 226 g/mol. The summed E-state index contributed by atoms with van der Waals surface area (Å²) in [5, 5.41) is 3.33.